The molecule has 0 aliphatic rings. The second-order valence-corrected chi connectivity index (χ2v) is 4.78. The summed E-state index contributed by atoms with van der Waals surface area (Å²) in [5.74, 6) is 0.865. The Hall–Kier alpha value is -3.62. The largest absolute Gasteiger partial charge is 0.463 e. The molecule has 23 heavy (non-hydrogen) atoms. The second kappa shape index (κ2) is 4.98. The van der Waals surface area contributed by atoms with Gasteiger partial charge < -0.3 is 20.5 Å². The number of nitrogens with two attached hydrogens (primary N) is 1. The zero-order valence-corrected chi connectivity index (χ0v) is 11.7. The quantitative estimate of drug-likeness (QED) is 0.455. The van der Waals surface area contributed by atoms with Gasteiger partial charge in [0.05, 0.1) is 17.2 Å². The number of nitrogens with one attached hydrogen (secondary N) is 3. The van der Waals surface area contributed by atoms with Crippen molar-refractivity contribution in [3.63, 3.8) is 0 Å². The van der Waals surface area contributed by atoms with E-state index in [2.05, 4.69) is 30.5 Å². The van der Waals surface area contributed by atoms with Crippen molar-refractivity contribution < 1.29 is 9.21 Å². The predicted octanol–water partition coefficient (Wildman–Crippen LogP) is 1.78. The first kappa shape index (κ1) is 13.1. The minimum Gasteiger partial charge on any atom is -0.463 e. The van der Waals surface area contributed by atoms with Gasteiger partial charge in [0, 0.05) is 12.3 Å². The maximum atomic E-state index is 12.4. The molecule has 4 heterocycles. The molecule has 4 rings (SSSR count). The third-order valence-electron chi connectivity index (χ3n) is 3.35. The Morgan fingerprint density at radius 3 is 3.09 bits per heavy atom. The summed E-state index contributed by atoms with van der Waals surface area (Å²) in [6, 6.07) is 5.23. The van der Waals surface area contributed by atoms with E-state index in [0.717, 1.165) is 0 Å². The third kappa shape index (κ3) is 2.20. The van der Waals surface area contributed by atoms with Crippen molar-refractivity contribution in [2.24, 2.45) is 0 Å². The summed E-state index contributed by atoms with van der Waals surface area (Å²) in [4.78, 5) is 23.2. The van der Waals surface area contributed by atoms with Crippen molar-refractivity contribution in [3.8, 4) is 11.5 Å². The molecule has 0 aromatic carbocycles. The number of carbonyl (C=O) groups excluding carboxylic acids is 1. The number of rotatable bonds is 3. The van der Waals surface area contributed by atoms with Crippen molar-refractivity contribution in [1.29, 1.82) is 0 Å². The molecule has 0 saturated carbocycles. The highest BCUT2D eigenvalue weighted by atomic mass is 16.3. The fourth-order valence-electron chi connectivity index (χ4n) is 2.29. The number of aromatic nitrogens is 5. The molecule has 0 aliphatic carbocycles. The average molecular weight is 309 g/mol. The summed E-state index contributed by atoms with van der Waals surface area (Å²) in [7, 11) is 0. The van der Waals surface area contributed by atoms with Crippen molar-refractivity contribution in [2.45, 2.75) is 0 Å². The predicted molar refractivity (Wildman–Crippen MR) is 82.5 cm³/mol. The summed E-state index contributed by atoms with van der Waals surface area (Å²) in [5.41, 5.74) is 7.32. The summed E-state index contributed by atoms with van der Waals surface area (Å²) in [5, 5.41) is 10.00. The molecule has 1 amide bonds. The van der Waals surface area contributed by atoms with E-state index in [1.54, 1.807) is 24.5 Å². The van der Waals surface area contributed by atoms with Gasteiger partial charge in [-0.1, -0.05) is 0 Å². The van der Waals surface area contributed by atoms with Crippen LogP contribution in [0.15, 0.2) is 41.4 Å². The van der Waals surface area contributed by atoms with Gasteiger partial charge in [0.25, 0.3) is 5.91 Å². The lowest BCUT2D eigenvalue weighted by molar-refractivity contribution is 0.102. The van der Waals surface area contributed by atoms with Gasteiger partial charge in [0.1, 0.15) is 23.5 Å². The van der Waals surface area contributed by atoms with Crippen LogP contribution in [0.5, 0.6) is 0 Å². The summed E-state index contributed by atoms with van der Waals surface area (Å²) in [6.45, 7) is 0. The molecule has 4 aromatic rings. The van der Waals surface area contributed by atoms with Gasteiger partial charge in [-0.05, 0) is 12.1 Å². The van der Waals surface area contributed by atoms with Gasteiger partial charge in [-0.3, -0.25) is 9.89 Å². The SMILES string of the molecule is Nc1ncnc2[nH]cc(C(=O)Nc3cc(-c4ccco4)[nH]n3)c12. The monoisotopic (exact) mass is 309 g/mol. The smallest absolute Gasteiger partial charge is 0.259 e. The Labute approximate surface area is 128 Å². The van der Waals surface area contributed by atoms with Crippen LogP contribution in [0, 0.1) is 0 Å². The number of aromatic amines is 2. The van der Waals surface area contributed by atoms with Crippen LogP contribution in [0.3, 0.4) is 0 Å². The molecule has 0 bridgehead atoms. The number of fused-ring (bicyclic) bond motifs is 1. The average Bonchev–Trinajstić information content (AvgIpc) is 3.27. The van der Waals surface area contributed by atoms with E-state index in [4.69, 9.17) is 10.2 Å². The van der Waals surface area contributed by atoms with E-state index < -0.39 is 0 Å². The van der Waals surface area contributed by atoms with Crippen molar-refractivity contribution in [2.75, 3.05) is 11.1 Å². The molecule has 9 nitrogen and oxygen atoms in total. The lowest BCUT2D eigenvalue weighted by Crippen LogP contribution is -2.12. The molecule has 9 heteroatoms. The highest BCUT2D eigenvalue weighted by Gasteiger charge is 2.17. The van der Waals surface area contributed by atoms with Crippen LogP contribution in [0.4, 0.5) is 11.6 Å². The Kier molecular flexibility index (Phi) is 2.83. The molecule has 0 radical (unpaired) electrons. The maximum Gasteiger partial charge on any atom is 0.259 e. The summed E-state index contributed by atoms with van der Waals surface area (Å²) in [6.07, 6.45) is 4.42. The normalized spacial score (nSPS) is 11.0. The first-order chi connectivity index (χ1) is 11.2. The minimum atomic E-state index is -0.366. The number of nitrogens with zero attached hydrogens (tertiary/aromatic N) is 3. The third-order valence-corrected chi connectivity index (χ3v) is 3.35. The van der Waals surface area contributed by atoms with E-state index in [9.17, 15) is 4.79 Å². The molecule has 4 aromatic heterocycles. The number of hydrogen-bond donors (Lipinski definition) is 4. The Bertz CT molecular complexity index is 984. The number of carbonyl (C=O) groups is 1. The van der Waals surface area contributed by atoms with Gasteiger partial charge in [-0.25, -0.2) is 9.97 Å². The maximum absolute atomic E-state index is 12.4. The number of hydrogen-bond acceptors (Lipinski definition) is 6. The summed E-state index contributed by atoms with van der Waals surface area (Å²) >= 11 is 0. The topological polar surface area (TPSA) is 139 Å². The number of anilines is 2. The Morgan fingerprint density at radius 2 is 2.26 bits per heavy atom. The van der Waals surface area contributed by atoms with Crippen LogP contribution in [-0.4, -0.2) is 31.1 Å². The van der Waals surface area contributed by atoms with Crippen LogP contribution in [0.1, 0.15) is 10.4 Å². The molecular weight excluding hydrogens is 298 g/mol. The van der Waals surface area contributed by atoms with Gasteiger partial charge in [-0.2, -0.15) is 5.10 Å². The van der Waals surface area contributed by atoms with Crippen molar-refractivity contribution >= 4 is 28.6 Å². The first-order valence-corrected chi connectivity index (χ1v) is 6.70. The molecule has 0 saturated heterocycles. The lowest BCUT2D eigenvalue weighted by atomic mass is 10.2. The zero-order valence-electron chi connectivity index (χ0n) is 11.7. The number of H-pyrrole nitrogens is 2. The van der Waals surface area contributed by atoms with Gasteiger partial charge in [0.15, 0.2) is 11.6 Å². The van der Waals surface area contributed by atoms with Gasteiger partial charge >= 0.3 is 0 Å². The molecule has 0 fully saturated rings. The van der Waals surface area contributed by atoms with E-state index in [-0.39, 0.29) is 11.7 Å². The summed E-state index contributed by atoms with van der Waals surface area (Å²) < 4.78 is 5.26. The van der Waals surface area contributed by atoms with E-state index in [1.807, 2.05) is 0 Å². The molecular formula is C14H11N7O2. The first-order valence-electron chi connectivity index (χ1n) is 6.70. The molecule has 0 unspecified atom stereocenters. The Balaban J connectivity index is 1.62. The van der Waals surface area contributed by atoms with Gasteiger partial charge in [-0.15, -0.1) is 0 Å². The van der Waals surface area contributed by atoms with E-state index in [1.165, 1.54) is 12.5 Å². The highest BCUT2D eigenvalue weighted by molar-refractivity contribution is 6.14. The van der Waals surface area contributed by atoms with Crippen LogP contribution in [-0.2, 0) is 0 Å². The number of nitrogen functional groups attached to an aromatic ring is 1. The van der Waals surface area contributed by atoms with Crippen LogP contribution in [0.2, 0.25) is 0 Å². The second-order valence-electron chi connectivity index (χ2n) is 4.78. The van der Waals surface area contributed by atoms with Crippen LogP contribution < -0.4 is 11.1 Å². The highest BCUT2D eigenvalue weighted by Crippen LogP contribution is 2.23. The minimum absolute atomic E-state index is 0.236. The lowest BCUT2D eigenvalue weighted by Gasteiger charge is -2.01. The standard InChI is InChI=1S/C14H11N7O2/c15-12-11-7(5-16-13(11)18-6-17-12)14(22)19-10-4-8(20-21-10)9-2-1-3-23-9/h1-6H,(H3,15,16,17,18)(H2,19,20,21,22). The molecule has 5 N–H and O–H groups in total. The van der Waals surface area contributed by atoms with Crippen LogP contribution in [0.25, 0.3) is 22.5 Å². The molecule has 0 aliphatic heterocycles. The molecule has 114 valence electrons. The number of furan rings is 1. The van der Waals surface area contributed by atoms with Crippen molar-refractivity contribution in [1.82, 2.24) is 25.1 Å². The van der Waals surface area contributed by atoms with E-state index >= 15 is 0 Å². The number of amides is 1. The fraction of sp³-hybridized carbons (Fsp3) is 0. The zero-order chi connectivity index (χ0) is 15.8. The molecule has 0 spiro atoms. The van der Waals surface area contributed by atoms with E-state index in [0.29, 0.717) is 33.9 Å². The fourth-order valence-corrected chi connectivity index (χ4v) is 2.29. The van der Waals surface area contributed by atoms with Crippen molar-refractivity contribution in [3.05, 3.63) is 42.5 Å². The molecule has 0 atom stereocenters. The Morgan fingerprint density at radius 1 is 1.35 bits per heavy atom. The van der Waals surface area contributed by atoms with Gasteiger partial charge in [0.2, 0.25) is 0 Å². The van der Waals surface area contributed by atoms with Crippen LogP contribution >= 0.6 is 0 Å².